The average molecular weight is 453 g/mol. The molecular formula is C23H21F2N5O3. The Morgan fingerprint density at radius 3 is 2.70 bits per heavy atom. The quantitative estimate of drug-likeness (QED) is 0.642. The van der Waals surface area contributed by atoms with Gasteiger partial charge in [-0.3, -0.25) is 9.59 Å². The zero-order valence-corrected chi connectivity index (χ0v) is 18.0. The van der Waals surface area contributed by atoms with Gasteiger partial charge in [-0.1, -0.05) is 24.3 Å². The Morgan fingerprint density at radius 2 is 2.00 bits per heavy atom. The van der Waals surface area contributed by atoms with E-state index in [0.717, 1.165) is 28.0 Å². The van der Waals surface area contributed by atoms with Crippen LogP contribution in [0.2, 0.25) is 0 Å². The molecule has 170 valence electrons. The van der Waals surface area contributed by atoms with Crippen LogP contribution in [0.4, 0.5) is 14.5 Å². The van der Waals surface area contributed by atoms with Crippen molar-refractivity contribution in [3.8, 4) is 5.75 Å². The second-order valence-electron chi connectivity index (χ2n) is 7.66. The van der Waals surface area contributed by atoms with Gasteiger partial charge in [-0.25, -0.2) is 18.4 Å². The van der Waals surface area contributed by atoms with Gasteiger partial charge in [-0.05, 0) is 36.8 Å². The lowest BCUT2D eigenvalue weighted by molar-refractivity contribution is -0.120. The Kier molecular flexibility index (Phi) is 5.91. The predicted octanol–water partition coefficient (Wildman–Crippen LogP) is 2.79. The first-order valence-electron chi connectivity index (χ1n) is 10.1. The number of hydrogen-bond donors (Lipinski definition) is 1. The lowest BCUT2D eigenvalue weighted by atomic mass is 10.1. The van der Waals surface area contributed by atoms with Gasteiger partial charge in [-0.2, -0.15) is 0 Å². The average Bonchev–Trinajstić information content (AvgIpc) is 3.22. The molecule has 33 heavy (non-hydrogen) atoms. The number of benzene rings is 2. The van der Waals surface area contributed by atoms with Crippen LogP contribution in [0.3, 0.4) is 0 Å². The van der Waals surface area contributed by atoms with Crippen LogP contribution < -0.4 is 15.0 Å². The number of anilines is 1. The fourth-order valence-electron chi connectivity index (χ4n) is 3.41. The summed E-state index contributed by atoms with van der Waals surface area (Å²) in [5.74, 6) is -2.29. The van der Waals surface area contributed by atoms with Crippen LogP contribution >= 0.6 is 0 Å². The monoisotopic (exact) mass is 453 g/mol. The molecule has 2 aromatic carbocycles. The molecule has 8 nitrogen and oxygen atoms in total. The predicted molar refractivity (Wildman–Crippen MR) is 117 cm³/mol. The lowest BCUT2D eigenvalue weighted by Crippen LogP contribution is -2.49. The number of hydrogen-bond acceptors (Lipinski definition) is 5. The minimum atomic E-state index is -0.987. The molecule has 2 heterocycles. The molecular weight excluding hydrogens is 432 g/mol. The number of halogens is 2. The van der Waals surface area contributed by atoms with E-state index in [1.54, 1.807) is 19.2 Å². The number of fused-ring (bicyclic) bond motifs is 1. The van der Waals surface area contributed by atoms with Crippen LogP contribution in [0.15, 0.2) is 49.3 Å². The molecule has 0 bridgehead atoms. The summed E-state index contributed by atoms with van der Waals surface area (Å²) < 4.78 is 34.6. The number of likely N-dealkylation sites (N-methyl/N-ethyl adjacent to an activating group) is 1. The third-order valence-corrected chi connectivity index (χ3v) is 5.27. The Bertz CT molecular complexity index is 1240. The Balaban J connectivity index is 1.48. The van der Waals surface area contributed by atoms with Gasteiger partial charge < -0.3 is 15.0 Å². The van der Waals surface area contributed by atoms with Crippen molar-refractivity contribution in [2.75, 3.05) is 18.6 Å². The van der Waals surface area contributed by atoms with Gasteiger partial charge in [0.15, 0.2) is 0 Å². The van der Waals surface area contributed by atoms with Gasteiger partial charge in [0.25, 0.3) is 11.8 Å². The minimum absolute atomic E-state index is 0.0878. The van der Waals surface area contributed by atoms with Crippen LogP contribution in [0.1, 0.15) is 28.7 Å². The summed E-state index contributed by atoms with van der Waals surface area (Å²) in [6.07, 6.45) is 1.19. The van der Waals surface area contributed by atoms with Gasteiger partial charge in [-0.15, -0.1) is 5.10 Å². The highest BCUT2D eigenvalue weighted by Gasteiger charge is 2.31. The van der Waals surface area contributed by atoms with Crippen molar-refractivity contribution < 1.29 is 23.1 Å². The molecule has 0 radical (unpaired) electrons. The van der Waals surface area contributed by atoms with Crippen LogP contribution in [0.25, 0.3) is 5.57 Å². The molecule has 0 aliphatic carbocycles. The number of carbonyl (C=O) groups is 2. The van der Waals surface area contributed by atoms with E-state index in [1.807, 2.05) is 13.0 Å². The maximum absolute atomic E-state index is 13.9. The van der Waals surface area contributed by atoms with Crippen molar-refractivity contribution >= 4 is 23.1 Å². The smallest absolute Gasteiger partial charge is 0.291 e. The molecule has 0 unspecified atom stereocenters. The number of nitrogens with zero attached hydrogens (tertiary/aromatic N) is 4. The third-order valence-electron chi connectivity index (χ3n) is 5.27. The van der Waals surface area contributed by atoms with E-state index >= 15 is 0 Å². The third kappa shape index (κ3) is 4.45. The molecule has 2 amide bonds. The molecule has 1 aromatic heterocycles. The first-order valence-corrected chi connectivity index (χ1v) is 10.1. The number of aromatic nitrogens is 3. The highest BCUT2D eigenvalue weighted by Crippen LogP contribution is 2.33. The highest BCUT2D eigenvalue weighted by atomic mass is 19.1. The summed E-state index contributed by atoms with van der Waals surface area (Å²) >= 11 is 0. The molecule has 3 aromatic rings. The first-order chi connectivity index (χ1) is 15.7. The highest BCUT2D eigenvalue weighted by molar-refractivity contribution is 6.02. The second kappa shape index (κ2) is 8.81. The SMILES string of the molecule is C=C(C)c1ccc2c(c1)N(C)C(=O)[C@@H](NC(=O)c1ncn(Cc3c(F)cccc3F)n1)CO2. The van der Waals surface area contributed by atoms with Gasteiger partial charge in [0.1, 0.15) is 36.4 Å². The normalized spacial score (nSPS) is 15.5. The zero-order valence-electron chi connectivity index (χ0n) is 18.0. The summed E-state index contributed by atoms with van der Waals surface area (Å²) in [7, 11) is 1.59. The fourth-order valence-corrected chi connectivity index (χ4v) is 3.41. The van der Waals surface area contributed by atoms with Gasteiger partial charge in [0.05, 0.1) is 12.2 Å². The zero-order chi connectivity index (χ0) is 23.7. The molecule has 0 saturated carbocycles. The molecule has 0 spiro atoms. The van der Waals surface area contributed by atoms with Crippen LogP contribution in [-0.4, -0.2) is 46.3 Å². The van der Waals surface area contributed by atoms with E-state index < -0.39 is 23.6 Å². The molecule has 1 aliphatic rings. The molecule has 10 heteroatoms. The maximum atomic E-state index is 13.9. The summed E-state index contributed by atoms with van der Waals surface area (Å²) in [5.41, 5.74) is 2.06. The molecule has 1 N–H and O–H groups in total. The number of carbonyl (C=O) groups excluding carboxylic acids is 2. The molecule has 0 fully saturated rings. The number of amides is 2. The van der Waals surface area contributed by atoms with Crippen LogP contribution in [-0.2, 0) is 11.3 Å². The van der Waals surface area contributed by atoms with Crippen molar-refractivity contribution in [1.29, 1.82) is 0 Å². The molecule has 4 rings (SSSR count). The van der Waals surface area contributed by atoms with E-state index in [0.29, 0.717) is 11.4 Å². The number of nitrogens with one attached hydrogen (secondary N) is 1. The Hall–Kier alpha value is -4.08. The summed E-state index contributed by atoms with van der Waals surface area (Å²) in [6, 6.07) is 7.92. The number of rotatable bonds is 5. The molecule has 1 aliphatic heterocycles. The number of allylic oxidation sites excluding steroid dienone is 1. The van der Waals surface area contributed by atoms with Gasteiger partial charge >= 0.3 is 0 Å². The van der Waals surface area contributed by atoms with Gasteiger partial charge in [0, 0.05) is 12.6 Å². The van der Waals surface area contributed by atoms with E-state index in [4.69, 9.17) is 4.74 Å². The van der Waals surface area contributed by atoms with Crippen LogP contribution in [0.5, 0.6) is 5.75 Å². The van der Waals surface area contributed by atoms with E-state index in [1.165, 1.54) is 17.3 Å². The summed E-state index contributed by atoms with van der Waals surface area (Å²) in [5, 5.41) is 6.54. The number of ether oxygens (including phenoxy) is 1. The molecule has 0 saturated heterocycles. The minimum Gasteiger partial charge on any atom is -0.489 e. The first kappa shape index (κ1) is 22.1. The van der Waals surface area contributed by atoms with Crippen molar-refractivity contribution in [3.05, 3.63) is 77.9 Å². The van der Waals surface area contributed by atoms with E-state index in [-0.39, 0.29) is 30.4 Å². The maximum Gasteiger partial charge on any atom is 0.291 e. The molecule has 1 atom stereocenters. The van der Waals surface area contributed by atoms with E-state index in [9.17, 15) is 18.4 Å². The van der Waals surface area contributed by atoms with Crippen molar-refractivity contribution in [2.45, 2.75) is 19.5 Å². The van der Waals surface area contributed by atoms with Crippen molar-refractivity contribution in [3.63, 3.8) is 0 Å². The van der Waals surface area contributed by atoms with E-state index in [2.05, 4.69) is 22.0 Å². The standard InChI is InChI=1S/C23H21F2N5O3/c1-13(2)14-7-8-20-19(9-14)29(3)23(32)18(11-33-20)27-22(31)21-26-12-30(28-21)10-15-16(24)5-4-6-17(15)25/h4-9,12,18H,1,10-11H2,2-3H3,(H,27,31)/t18-/m0/s1. The topological polar surface area (TPSA) is 89.4 Å². The van der Waals surface area contributed by atoms with Gasteiger partial charge in [0.2, 0.25) is 5.82 Å². The van der Waals surface area contributed by atoms with Crippen molar-refractivity contribution in [1.82, 2.24) is 20.1 Å². The summed E-state index contributed by atoms with van der Waals surface area (Å²) in [6.45, 7) is 5.44. The van der Waals surface area contributed by atoms with Crippen LogP contribution in [0, 0.1) is 11.6 Å². The van der Waals surface area contributed by atoms with Crippen molar-refractivity contribution in [2.24, 2.45) is 0 Å². The lowest BCUT2D eigenvalue weighted by Gasteiger charge is -2.20. The largest absolute Gasteiger partial charge is 0.489 e. The Morgan fingerprint density at radius 1 is 1.27 bits per heavy atom. The second-order valence-corrected chi connectivity index (χ2v) is 7.66. The Labute approximate surface area is 188 Å². The fraction of sp³-hybridized carbons (Fsp3) is 0.217. The summed E-state index contributed by atoms with van der Waals surface area (Å²) in [4.78, 5) is 30.9.